The van der Waals surface area contributed by atoms with Crippen LogP contribution in [-0.2, 0) is 9.59 Å². The van der Waals surface area contributed by atoms with Crippen molar-refractivity contribution in [3.8, 4) is 0 Å². The molecule has 1 aliphatic carbocycles. The van der Waals surface area contributed by atoms with Crippen LogP contribution in [0.4, 0.5) is 5.82 Å². The molecule has 0 saturated heterocycles. The molecule has 5 nitrogen and oxygen atoms in total. The Morgan fingerprint density at radius 1 is 1.32 bits per heavy atom. The Morgan fingerprint density at radius 2 is 2.00 bits per heavy atom. The van der Waals surface area contributed by atoms with Gasteiger partial charge in [0.2, 0.25) is 5.91 Å². The molecule has 102 valence electrons. The lowest BCUT2D eigenvalue weighted by atomic mass is 9.79. The van der Waals surface area contributed by atoms with Gasteiger partial charge in [0.1, 0.15) is 5.82 Å². The molecule has 0 unspecified atom stereocenters. The van der Waals surface area contributed by atoms with Gasteiger partial charge in [-0.25, -0.2) is 4.98 Å². The van der Waals surface area contributed by atoms with Crippen LogP contribution in [0.25, 0.3) is 0 Å². The monoisotopic (exact) mass is 261 g/mol. The molecular weight excluding hydrogens is 244 g/mol. The quantitative estimate of drug-likeness (QED) is 0.875. The minimum Gasteiger partial charge on any atom is -0.550 e. The third-order valence-corrected chi connectivity index (χ3v) is 3.57. The van der Waals surface area contributed by atoms with Crippen molar-refractivity contribution in [1.82, 2.24) is 4.98 Å². The molecule has 0 aromatic carbocycles. The lowest BCUT2D eigenvalue weighted by Crippen LogP contribution is -2.42. The maximum Gasteiger partial charge on any atom is 0.229 e. The van der Waals surface area contributed by atoms with E-state index >= 15 is 0 Å². The number of hydrogen-bond acceptors (Lipinski definition) is 4. The average Bonchev–Trinajstić information content (AvgIpc) is 2.38. The highest BCUT2D eigenvalue weighted by atomic mass is 16.4. The number of carboxylic acids is 1. The zero-order chi connectivity index (χ0) is 13.8. The summed E-state index contributed by atoms with van der Waals surface area (Å²) in [5, 5.41) is 13.8. The number of pyridine rings is 1. The van der Waals surface area contributed by atoms with E-state index in [1.54, 1.807) is 12.3 Å². The Bertz CT molecular complexity index is 487. The van der Waals surface area contributed by atoms with Crippen LogP contribution in [0, 0.1) is 18.8 Å². The molecule has 1 aromatic heterocycles. The summed E-state index contributed by atoms with van der Waals surface area (Å²) in [5.41, 5.74) is 0.991. The Kier molecular flexibility index (Phi) is 4.14. The van der Waals surface area contributed by atoms with Crippen LogP contribution in [0.1, 0.15) is 31.2 Å². The first-order valence-electron chi connectivity index (χ1n) is 6.52. The highest BCUT2D eigenvalue weighted by molar-refractivity contribution is 5.94. The molecule has 1 fully saturated rings. The smallest absolute Gasteiger partial charge is 0.229 e. The Morgan fingerprint density at radius 3 is 2.63 bits per heavy atom. The first-order valence-corrected chi connectivity index (χ1v) is 6.52. The molecule has 1 N–H and O–H groups in total. The summed E-state index contributed by atoms with van der Waals surface area (Å²) in [6.07, 6.45) is 4.44. The Balaban J connectivity index is 2.07. The second-order valence-corrected chi connectivity index (χ2v) is 5.02. The van der Waals surface area contributed by atoms with Gasteiger partial charge in [0.25, 0.3) is 0 Å². The fraction of sp³-hybridized carbons (Fsp3) is 0.500. The largest absolute Gasteiger partial charge is 0.550 e. The molecule has 1 aromatic rings. The number of aryl methyl sites for hydroxylation is 1. The van der Waals surface area contributed by atoms with E-state index in [1.165, 1.54) is 0 Å². The summed E-state index contributed by atoms with van der Waals surface area (Å²) >= 11 is 0. The van der Waals surface area contributed by atoms with Gasteiger partial charge in [0, 0.05) is 24.0 Å². The van der Waals surface area contributed by atoms with Gasteiger partial charge in [-0.2, -0.15) is 0 Å². The molecule has 0 aliphatic heterocycles. The third kappa shape index (κ3) is 3.30. The number of aromatic nitrogens is 1. The van der Waals surface area contributed by atoms with Gasteiger partial charge in [-0.1, -0.05) is 12.8 Å². The van der Waals surface area contributed by atoms with Crippen molar-refractivity contribution in [1.29, 1.82) is 0 Å². The second-order valence-electron chi connectivity index (χ2n) is 5.02. The standard InChI is InChI=1S/C14H18N2O3/c1-9-6-7-15-12(8-9)16-13(17)10-4-2-3-5-11(10)14(18)19/h6-8,10-11H,2-5H2,1H3,(H,18,19)(H,15,16,17)/p-1/t10-,11+/m0/s1. The number of rotatable bonds is 3. The third-order valence-electron chi connectivity index (χ3n) is 3.57. The van der Waals surface area contributed by atoms with Gasteiger partial charge in [-0.05, 0) is 37.5 Å². The van der Waals surface area contributed by atoms with Crippen molar-refractivity contribution in [3.63, 3.8) is 0 Å². The molecule has 1 heterocycles. The molecule has 0 spiro atoms. The van der Waals surface area contributed by atoms with Crippen LogP contribution in [0.5, 0.6) is 0 Å². The molecule has 1 aliphatic rings. The number of carbonyl (C=O) groups is 2. The van der Waals surface area contributed by atoms with Crippen LogP contribution in [0.15, 0.2) is 18.3 Å². The highest BCUT2D eigenvalue weighted by Crippen LogP contribution is 2.30. The molecule has 0 radical (unpaired) electrons. The fourth-order valence-electron chi connectivity index (χ4n) is 2.55. The zero-order valence-corrected chi connectivity index (χ0v) is 10.9. The van der Waals surface area contributed by atoms with Gasteiger partial charge < -0.3 is 15.2 Å². The van der Waals surface area contributed by atoms with E-state index in [9.17, 15) is 14.7 Å². The maximum atomic E-state index is 12.2. The SMILES string of the molecule is Cc1ccnc(NC(=O)[C@H]2CCCC[C@H]2C(=O)[O-])c1. The average molecular weight is 261 g/mol. The molecule has 2 atom stereocenters. The fourth-order valence-corrected chi connectivity index (χ4v) is 2.55. The van der Waals surface area contributed by atoms with Crippen LogP contribution in [-0.4, -0.2) is 16.9 Å². The van der Waals surface area contributed by atoms with Gasteiger partial charge >= 0.3 is 0 Å². The number of nitrogens with one attached hydrogen (secondary N) is 1. The number of aliphatic carboxylic acids is 1. The number of amides is 1. The number of nitrogens with zero attached hydrogens (tertiary/aromatic N) is 1. The number of anilines is 1. The van der Waals surface area contributed by atoms with Crippen molar-refractivity contribution in [2.75, 3.05) is 5.32 Å². The van der Waals surface area contributed by atoms with Crippen molar-refractivity contribution in [3.05, 3.63) is 23.9 Å². The van der Waals surface area contributed by atoms with E-state index in [0.29, 0.717) is 18.7 Å². The minimum atomic E-state index is -1.13. The first kappa shape index (κ1) is 13.5. The van der Waals surface area contributed by atoms with Gasteiger partial charge in [0.05, 0.1) is 0 Å². The van der Waals surface area contributed by atoms with Crippen LogP contribution >= 0.6 is 0 Å². The van der Waals surface area contributed by atoms with Gasteiger partial charge in [-0.15, -0.1) is 0 Å². The normalized spacial score (nSPS) is 22.8. The summed E-state index contributed by atoms with van der Waals surface area (Å²) in [7, 11) is 0. The summed E-state index contributed by atoms with van der Waals surface area (Å²) < 4.78 is 0. The predicted octanol–water partition coefficient (Wildman–Crippen LogP) is 0.885. The number of hydrogen-bond donors (Lipinski definition) is 1. The van der Waals surface area contributed by atoms with Crippen molar-refractivity contribution < 1.29 is 14.7 Å². The molecule has 2 rings (SSSR count). The van der Waals surface area contributed by atoms with Gasteiger partial charge in [0.15, 0.2) is 0 Å². The number of carbonyl (C=O) groups excluding carboxylic acids is 2. The lowest BCUT2D eigenvalue weighted by Gasteiger charge is -2.31. The summed E-state index contributed by atoms with van der Waals surface area (Å²) in [6.45, 7) is 1.90. The number of carboxylic acid groups (broad SMARTS) is 1. The summed E-state index contributed by atoms with van der Waals surface area (Å²) in [5.74, 6) is -2.13. The van der Waals surface area contributed by atoms with E-state index in [4.69, 9.17) is 0 Å². The molecule has 5 heteroatoms. The topological polar surface area (TPSA) is 82.1 Å². The minimum absolute atomic E-state index is 0.271. The molecule has 19 heavy (non-hydrogen) atoms. The Labute approximate surface area is 112 Å². The van der Waals surface area contributed by atoms with E-state index in [1.807, 2.05) is 13.0 Å². The van der Waals surface area contributed by atoms with Crippen LogP contribution < -0.4 is 10.4 Å². The lowest BCUT2D eigenvalue weighted by molar-refractivity contribution is -0.313. The predicted molar refractivity (Wildman–Crippen MR) is 68.1 cm³/mol. The van der Waals surface area contributed by atoms with Crippen molar-refractivity contribution in [2.24, 2.45) is 11.8 Å². The summed E-state index contributed by atoms with van der Waals surface area (Å²) in [4.78, 5) is 27.3. The van der Waals surface area contributed by atoms with Crippen LogP contribution in [0.2, 0.25) is 0 Å². The van der Waals surface area contributed by atoms with E-state index in [0.717, 1.165) is 18.4 Å². The zero-order valence-electron chi connectivity index (χ0n) is 10.9. The van der Waals surface area contributed by atoms with Crippen molar-refractivity contribution >= 4 is 17.7 Å². The van der Waals surface area contributed by atoms with E-state index < -0.39 is 17.8 Å². The molecule has 0 bridgehead atoms. The van der Waals surface area contributed by atoms with E-state index in [-0.39, 0.29) is 5.91 Å². The summed E-state index contributed by atoms with van der Waals surface area (Å²) in [6, 6.07) is 3.59. The van der Waals surface area contributed by atoms with E-state index in [2.05, 4.69) is 10.3 Å². The van der Waals surface area contributed by atoms with Crippen LogP contribution in [0.3, 0.4) is 0 Å². The first-order chi connectivity index (χ1) is 9.08. The molecular formula is C14H17N2O3-. The highest BCUT2D eigenvalue weighted by Gasteiger charge is 2.31. The second kappa shape index (κ2) is 5.82. The molecule has 1 saturated carbocycles. The maximum absolute atomic E-state index is 12.2. The van der Waals surface area contributed by atoms with Crippen molar-refractivity contribution in [2.45, 2.75) is 32.6 Å². The molecule has 1 amide bonds. The Hall–Kier alpha value is -1.91. The van der Waals surface area contributed by atoms with Gasteiger partial charge in [-0.3, -0.25) is 4.79 Å².